The highest BCUT2D eigenvalue weighted by atomic mass is 16.3. The molecular weight excluding hydrogens is 190 g/mol. The standard InChI is InChI=1S/C11H19N3O/c1-6(2)9-8(5-15)10(12)14-11(13-9)7(3)4/h6-7,15H,5H2,1-4H3,(H2,12,13,14). The molecule has 1 aromatic heterocycles. The van der Waals surface area contributed by atoms with Crippen molar-refractivity contribution in [1.82, 2.24) is 9.97 Å². The van der Waals surface area contributed by atoms with Gasteiger partial charge in [0.15, 0.2) is 0 Å². The summed E-state index contributed by atoms with van der Waals surface area (Å²) in [5, 5.41) is 9.22. The summed E-state index contributed by atoms with van der Waals surface area (Å²) in [7, 11) is 0. The van der Waals surface area contributed by atoms with Crippen molar-refractivity contribution in [2.75, 3.05) is 5.73 Å². The van der Waals surface area contributed by atoms with Crippen LogP contribution in [0, 0.1) is 0 Å². The van der Waals surface area contributed by atoms with Crippen LogP contribution in [0.5, 0.6) is 0 Å². The number of nitrogen functional groups attached to an aromatic ring is 1. The molecule has 0 saturated heterocycles. The number of aromatic nitrogens is 2. The first kappa shape index (κ1) is 11.9. The van der Waals surface area contributed by atoms with Crippen molar-refractivity contribution in [2.24, 2.45) is 0 Å². The fourth-order valence-electron chi connectivity index (χ4n) is 1.44. The number of hydrogen-bond acceptors (Lipinski definition) is 4. The van der Waals surface area contributed by atoms with Crippen LogP contribution in [0.1, 0.15) is 56.6 Å². The van der Waals surface area contributed by atoms with Gasteiger partial charge in [-0.05, 0) is 5.92 Å². The minimum atomic E-state index is -0.0995. The Labute approximate surface area is 90.6 Å². The highest BCUT2D eigenvalue weighted by Gasteiger charge is 2.15. The van der Waals surface area contributed by atoms with Gasteiger partial charge in [-0.2, -0.15) is 0 Å². The first-order valence-electron chi connectivity index (χ1n) is 5.24. The van der Waals surface area contributed by atoms with Crippen molar-refractivity contribution in [3.8, 4) is 0 Å². The summed E-state index contributed by atoms with van der Waals surface area (Å²) in [5.41, 5.74) is 7.31. The van der Waals surface area contributed by atoms with E-state index in [4.69, 9.17) is 5.73 Å². The normalized spacial score (nSPS) is 11.4. The van der Waals surface area contributed by atoms with Gasteiger partial charge in [0.1, 0.15) is 11.6 Å². The largest absolute Gasteiger partial charge is 0.391 e. The highest BCUT2D eigenvalue weighted by molar-refractivity contribution is 5.43. The SMILES string of the molecule is CC(C)c1nc(N)c(CO)c(C(C)C)n1. The number of nitrogens with zero attached hydrogens (tertiary/aromatic N) is 2. The third kappa shape index (κ3) is 2.45. The zero-order valence-electron chi connectivity index (χ0n) is 9.78. The molecule has 0 spiro atoms. The van der Waals surface area contributed by atoms with Gasteiger partial charge in [-0.3, -0.25) is 0 Å². The lowest BCUT2D eigenvalue weighted by Crippen LogP contribution is -2.11. The summed E-state index contributed by atoms with van der Waals surface area (Å²) in [6.45, 7) is 8.02. The van der Waals surface area contributed by atoms with Crippen molar-refractivity contribution < 1.29 is 5.11 Å². The maximum Gasteiger partial charge on any atom is 0.133 e. The van der Waals surface area contributed by atoms with E-state index in [9.17, 15) is 5.11 Å². The van der Waals surface area contributed by atoms with Crippen molar-refractivity contribution in [2.45, 2.75) is 46.1 Å². The third-order valence-corrected chi connectivity index (χ3v) is 2.31. The Hall–Kier alpha value is -1.16. The van der Waals surface area contributed by atoms with E-state index in [2.05, 4.69) is 9.97 Å². The Kier molecular flexibility index (Phi) is 3.63. The predicted octanol–water partition coefficient (Wildman–Crippen LogP) is 1.80. The summed E-state index contributed by atoms with van der Waals surface area (Å²) in [6.07, 6.45) is 0. The highest BCUT2D eigenvalue weighted by Crippen LogP contribution is 2.23. The summed E-state index contributed by atoms with van der Waals surface area (Å²) in [5.74, 6) is 1.64. The molecule has 3 N–H and O–H groups in total. The van der Waals surface area contributed by atoms with E-state index in [0.717, 1.165) is 11.5 Å². The molecule has 1 rings (SSSR count). The smallest absolute Gasteiger partial charge is 0.133 e. The van der Waals surface area contributed by atoms with Gasteiger partial charge >= 0.3 is 0 Å². The Morgan fingerprint density at radius 2 is 1.73 bits per heavy atom. The minimum Gasteiger partial charge on any atom is -0.391 e. The molecule has 84 valence electrons. The van der Waals surface area contributed by atoms with Crippen LogP contribution in [0.25, 0.3) is 0 Å². The molecular formula is C11H19N3O. The Bertz CT molecular complexity index is 348. The van der Waals surface area contributed by atoms with Gasteiger partial charge in [-0.15, -0.1) is 0 Å². The number of hydrogen-bond donors (Lipinski definition) is 2. The van der Waals surface area contributed by atoms with Crippen molar-refractivity contribution in [1.29, 1.82) is 0 Å². The molecule has 0 saturated carbocycles. The molecule has 1 aromatic rings. The van der Waals surface area contributed by atoms with E-state index >= 15 is 0 Å². The van der Waals surface area contributed by atoms with Crippen LogP contribution in [0.4, 0.5) is 5.82 Å². The number of aliphatic hydroxyl groups is 1. The van der Waals surface area contributed by atoms with Crippen LogP contribution in [0.2, 0.25) is 0 Å². The molecule has 4 heteroatoms. The Morgan fingerprint density at radius 1 is 1.13 bits per heavy atom. The zero-order chi connectivity index (χ0) is 11.6. The Morgan fingerprint density at radius 3 is 2.13 bits per heavy atom. The lowest BCUT2D eigenvalue weighted by atomic mass is 10.0. The van der Waals surface area contributed by atoms with Gasteiger partial charge < -0.3 is 10.8 Å². The molecule has 0 unspecified atom stereocenters. The molecule has 0 aromatic carbocycles. The van der Waals surface area contributed by atoms with Gasteiger partial charge in [-0.1, -0.05) is 27.7 Å². The van der Waals surface area contributed by atoms with E-state index < -0.39 is 0 Å². The maximum atomic E-state index is 9.22. The third-order valence-electron chi connectivity index (χ3n) is 2.31. The number of aliphatic hydroxyl groups excluding tert-OH is 1. The van der Waals surface area contributed by atoms with E-state index in [1.165, 1.54) is 0 Å². The fourth-order valence-corrected chi connectivity index (χ4v) is 1.44. The second-order valence-electron chi connectivity index (χ2n) is 4.30. The molecule has 0 bridgehead atoms. The minimum absolute atomic E-state index is 0.0995. The number of nitrogens with two attached hydrogens (primary N) is 1. The molecule has 0 fully saturated rings. The van der Waals surface area contributed by atoms with Crippen LogP contribution >= 0.6 is 0 Å². The fraction of sp³-hybridized carbons (Fsp3) is 0.636. The van der Waals surface area contributed by atoms with Crippen LogP contribution in [-0.4, -0.2) is 15.1 Å². The molecule has 0 amide bonds. The first-order chi connectivity index (χ1) is 6.97. The van der Waals surface area contributed by atoms with Gasteiger partial charge in [0.05, 0.1) is 12.3 Å². The lowest BCUT2D eigenvalue weighted by molar-refractivity contribution is 0.279. The Balaban J connectivity index is 3.32. The van der Waals surface area contributed by atoms with E-state index in [0.29, 0.717) is 11.4 Å². The zero-order valence-corrected chi connectivity index (χ0v) is 9.78. The average Bonchev–Trinajstić information content (AvgIpc) is 2.16. The van der Waals surface area contributed by atoms with Crippen LogP contribution in [-0.2, 0) is 6.61 Å². The van der Waals surface area contributed by atoms with Gasteiger partial charge in [-0.25, -0.2) is 9.97 Å². The topological polar surface area (TPSA) is 72.0 Å². The van der Waals surface area contributed by atoms with Crippen LogP contribution in [0.3, 0.4) is 0 Å². The average molecular weight is 209 g/mol. The molecule has 1 heterocycles. The van der Waals surface area contributed by atoms with Crippen LogP contribution < -0.4 is 5.73 Å². The monoisotopic (exact) mass is 209 g/mol. The molecule has 0 aliphatic heterocycles. The van der Waals surface area contributed by atoms with Crippen molar-refractivity contribution >= 4 is 5.82 Å². The molecule has 4 nitrogen and oxygen atoms in total. The second-order valence-corrected chi connectivity index (χ2v) is 4.30. The van der Waals surface area contributed by atoms with E-state index in [1.54, 1.807) is 0 Å². The van der Waals surface area contributed by atoms with Crippen molar-refractivity contribution in [3.63, 3.8) is 0 Å². The van der Waals surface area contributed by atoms with E-state index in [1.807, 2.05) is 27.7 Å². The maximum absolute atomic E-state index is 9.22. The summed E-state index contributed by atoms with van der Waals surface area (Å²) >= 11 is 0. The lowest BCUT2D eigenvalue weighted by Gasteiger charge is -2.15. The van der Waals surface area contributed by atoms with Gasteiger partial charge in [0, 0.05) is 11.5 Å². The number of rotatable bonds is 3. The molecule has 0 aliphatic rings. The summed E-state index contributed by atoms with van der Waals surface area (Å²) in [6, 6.07) is 0. The molecule has 0 radical (unpaired) electrons. The number of anilines is 1. The second kappa shape index (κ2) is 4.57. The van der Waals surface area contributed by atoms with Gasteiger partial charge in [0.2, 0.25) is 0 Å². The molecule has 0 atom stereocenters. The first-order valence-corrected chi connectivity index (χ1v) is 5.24. The predicted molar refractivity (Wildman–Crippen MR) is 60.5 cm³/mol. The van der Waals surface area contributed by atoms with E-state index in [-0.39, 0.29) is 18.4 Å². The van der Waals surface area contributed by atoms with Gasteiger partial charge in [0.25, 0.3) is 0 Å². The molecule has 15 heavy (non-hydrogen) atoms. The van der Waals surface area contributed by atoms with Crippen LogP contribution in [0.15, 0.2) is 0 Å². The summed E-state index contributed by atoms with van der Waals surface area (Å²) < 4.78 is 0. The van der Waals surface area contributed by atoms with Crippen molar-refractivity contribution in [3.05, 3.63) is 17.1 Å². The summed E-state index contributed by atoms with van der Waals surface area (Å²) in [4.78, 5) is 8.65. The quantitative estimate of drug-likeness (QED) is 0.796. The molecule has 0 aliphatic carbocycles.